The number of carbonyl (C=O) groups excluding carboxylic acids is 1. The summed E-state index contributed by atoms with van der Waals surface area (Å²) in [6.45, 7) is 5.97. The van der Waals surface area contributed by atoms with Crippen molar-refractivity contribution in [3.63, 3.8) is 0 Å². The van der Waals surface area contributed by atoms with Crippen LogP contribution in [0.25, 0.3) is 11.5 Å². The number of carbonyl (C=O) groups is 1. The summed E-state index contributed by atoms with van der Waals surface area (Å²) >= 11 is 0. The van der Waals surface area contributed by atoms with E-state index in [0.717, 1.165) is 31.4 Å². The largest absolute Gasteiger partial charge is 0.381 e. The summed E-state index contributed by atoms with van der Waals surface area (Å²) in [5.74, 6) is 0.952. The Hall–Kier alpha value is -2.21. The normalized spacial score (nSPS) is 10.7. The maximum Gasteiger partial charge on any atom is 0.257 e. The Morgan fingerprint density at radius 2 is 1.96 bits per heavy atom. The van der Waals surface area contributed by atoms with Crippen LogP contribution in [0.1, 0.15) is 42.4 Å². The number of nitrogens with zero attached hydrogens (tertiary/aromatic N) is 2. The van der Waals surface area contributed by atoms with Gasteiger partial charge >= 0.3 is 0 Å². The molecule has 0 fully saturated rings. The first-order chi connectivity index (χ1) is 11.2. The summed E-state index contributed by atoms with van der Waals surface area (Å²) in [6, 6.07) is 7.11. The lowest BCUT2D eigenvalue weighted by molar-refractivity contribution is 0.0940. The van der Waals surface area contributed by atoms with E-state index in [1.54, 1.807) is 31.2 Å². The fourth-order valence-corrected chi connectivity index (χ4v) is 2.01. The predicted octanol–water partition coefficient (Wildman–Crippen LogP) is 2.98. The molecule has 0 saturated heterocycles. The van der Waals surface area contributed by atoms with Crippen molar-refractivity contribution in [2.75, 3.05) is 19.8 Å². The van der Waals surface area contributed by atoms with Crippen molar-refractivity contribution in [1.29, 1.82) is 0 Å². The molecule has 6 heteroatoms. The average Bonchev–Trinajstić information content (AvgIpc) is 3.00. The molecule has 1 aromatic carbocycles. The van der Waals surface area contributed by atoms with Gasteiger partial charge in [0.1, 0.15) is 0 Å². The molecule has 1 heterocycles. The van der Waals surface area contributed by atoms with Crippen LogP contribution in [0.4, 0.5) is 0 Å². The number of amides is 1. The first-order valence-electron chi connectivity index (χ1n) is 7.97. The van der Waals surface area contributed by atoms with Gasteiger partial charge in [-0.25, -0.2) is 0 Å². The first kappa shape index (κ1) is 17.1. The Balaban J connectivity index is 1.75. The van der Waals surface area contributed by atoms with Gasteiger partial charge in [0.05, 0.1) is 0 Å². The molecule has 2 rings (SSSR count). The van der Waals surface area contributed by atoms with Crippen molar-refractivity contribution >= 4 is 5.91 Å². The van der Waals surface area contributed by atoms with E-state index in [2.05, 4.69) is 22.4 Å². The molecule has 0 atom stereocenters. The molecular weight excluding hydrogens is 294 g/mol. The van der Waals surface area contributed by atoms with Gasteiger partial charge in [0.25, 0.3) is 11.8 Å². The topological polar surface area (TPSA) is 77.2 Å². The smallest absolute Gasteiger partial charge is 0.257 e. The molecule has 23 heavy (non-hydrogen) atoms. The van der Waals surface area contributed by atoms with Crippen LogP contribution in [0, 0.1) is 6.92 Å². The third-order valence-electron chi connectivity index (χ3n) is 3.31. The van der Waals surface area contributed by atoms with Gasteiger partial charge < -0.3 is 14.6 Å². The highest BCUT2D eigenvalue weighted by molar-refractivity contribution is 5.94. The van der Waals surface area contributed by atoms with E-state index in [9.17, 15) is 4.79 Å². The summed E-state index contributed by atoms with van der Waals surface area (Å²) in [5.41, 5.74) is 1.41. The molecule has 0 unspecified atom stereocenters. The Kier molecular flexibility index (Phi) is 6.75. The lowest BCUT2D eigenvalue weighted by Crippen LogP contribution is -2.25. The van der Waals surface area contributed by atoms with Gasteiger partial charge in [-0.05, 0) is 44.0 Å². The molecule has 0 bridgehead atoms. The van der Waals surface area contributed by atoms with E-state index in [0.29, 0.717) is 30.4 Å². The number of aryl methyl sites for hydroxylation is 1. The molecule has 0 radical (unpaired) electrons. The van der Waals surface area contributed by atoms with E-state index in [-0.39, 0.29) is 5.91 Å². The first-order valence-corrected chi connectivity index (χ1v) is 7.97. The highest BCUT2D eigenvalue weighted by atomic mass is 16.5. The summed E-state index contributed by atoms with van der Waals surface area (Å²) < 4.78 is 10.5. The van der Waals surface area contributed by atoms with Gasteiger partial charge in [-0.15, -0.1) is 0 Å². The molecule has 0 aliphatic heterocycles. The minimum atomic E-state index is -0.0909. The highest BCUT2D eigenvalue weighted by Crippen LogP contribution is 2.17. The molecule has 1 N–H and O–H groups in total. The quantitative estimate of drug-likeness (QED) is 0.719. The van der Waals surface area contributed by atoms with E-state index in [4.69, 9.17) is 9.26 Å². The zero-order valence-corrected chi connectivity index (χ0v) is 13.7. The number of nitrogens with one attached hydrogen (secondary N) is 1. The average molecular weight is 317 g/mol. The van der Waals surface area contributed by atoms with Crippen molar-refractivity contribution in [3.8, 4) is 11.5 Å². The van der Waals surface area contributed by atoms with Crippen LogP contribution in [0.2, 0.25) is 0 Å². The van der Waals surface area contributed by atoms with E-state index in [1.807, 2.05) is 0 Å². The summed E-state index contributed by atoms with van der Waals surface area (Å²) in [5, 5.41) is 6.63. The number of rotatable bonds is 9. The molecule has 1 amide bonds. The van der Waals surface area contributed by atoms with Crippen LogP contribution < -0.4 is 5.32 Å². The minimum absolute atomic E-state index is 0.0909. The van der Waals surface area contributed by atoms with Crippen molar-refractivity contribution in [1.82, 2.24) is 15.5 Å². The minimum Gasteiger partial charge on any atom is -0.381 e. The fourth-order valence-electron chi connectivity index (χ4n) is 2.01. The Labute approximate surface area is 136 Å². The van der Waals surface area contributed by atoms with Gasteiger partial charge in [-0.3, -0.25) is 4.79 Å². The second-order valence-corrected chi connectivity index (χ2v) is 5.30. The lowest BCUT2D eigenvalue weighted by Gasteiger charge is -2.06. The lowest BCUT2D eigenvalue weighted by atomic mass is 10.1. The molecule has 124 valence electrons. The summed E-state index contributed by atoms with van der Waals surface area (Å²) in [4.78, 5) is 16.2. The van der Waals surface area contributed by atoms with Crippen LogP contribution >= 0.6 is 0 Å². The van der Waals surface area contributed by atoms with Crippen LogP contribution in [0.5, 0.6) is 0 Å². The SMILES string of the molecule is CCCCOCCCNC(=O)c1ccc(-c2nc(C)no2)cc1. The van der Waals surface area contributed by atoms with Gasteiger partial charge in [0.2, 0.25) is 0 Å². The second-order valence-electron chi connectivity index (χ2n) is 5.30. The van der Waals surface area contributed by atoms with E-state index >= 15 is 0 Å². The molecule has 0 aliphatic carbocycles. The maximum absolute atomic E-state index is 12.0. The monoisotopic (exact) mass is 317 g/mol. The summed E-state index contributed by atoms with van der Waals surface area (Å²) in [7, 11) is 0. The van der Waals surface area contributed by atoms with Crippen LogP contribution in [0.15, 0.2) is 28.8 Å². The molecule has 0 spiro atoms. The number of ether oxygens (including phenoxy) is 1. The maximum atomic E-state index is 12.0. The molecule has 6 nitrogen and oxygen atoms in total. The van der Waals surface area contributed by atoms with E-state index < -0.39 is 0 Å². The number of benzene rings is 1. The van der Waals surface area contributed by atoms with Gasteiger partial charge in [0.15, 0.2) is 5.82 Å². The van der Waals surface area contributed by atoms with Gasteiger partial charge in [0, 0.05) is 30.9 Å². The third-order valence-corrected chi connectivity index (χ3v) is 3.31. The zero-order chi connectivity index (χ0) is 16.5. The molecule has 1 aromatic heterocycles. The van der Waals surface area contributed by atoms with Crippen molar-refractivity contribution < 1.29 is 14.1 Å². The molecule has 2 aromatic rings. The van der Waals surface area contributed by atoms with Crippen molar-refractivity contribution in [2.45, 2.75) is 33.1 Å². The fraction of sp³-hybridized carbons (Fsp3) is 0.471. The second kappa shape index (κ2) is 9.05. The Morgan fingerprint density at radius 1 is 1.22 bits per heavy atom. The van der Waals surface area contributed by atoms with Crippen LogP contribution in [-0.4, -0.2) is 35.8 Å². The van der Waals surface area contributed by atoms with Gasteiger partial charge in [-0.1, -0.05) is 18.5 Å². The number of hydrogen-bond acceptors (Lipinski definition) is 5. The zero-order valence-electron chi connectivity index (χ0n) is 13.7. The Bertz CT molecular complexity index is 608. The molecule has 0 saturated carbocycles. The van der Waals surface area contributed by atoms with Crippen molar-refractivity contribution in [3.05, 3.63) is 35.7 Å². The predicted molar refractivity (Wildman–Crippen MR) is 87.1 cm³/mol. The van der Waals surface area contributed by atoms with E-state index in [1.165, 1.54) is 0 Å². The number of aromatic nitrogens is 2. The standard InChI is InChI=1S/C17H23N3O3/c1-3-4-11-22-12-5-10-18-16(21)14-6-8-15(9-7-14)17-19-13(2)20-23-17/h6-9H,3-5,10-12H2,1-2H3,(H,18,21). The molecule has 0 aliphatic rings. The number of hydrogen-bond donors (Lipinski definition) is 1. The third kappa shape index (κ3) is 5.49. The van der Waals surface area contributed by atoms with Crippen LogP contribution in [0.3, 0.4) is 0 Å². The summed E-state index contributed by atoms with van der Waals surface area (Å²) in [6.07, 6.45) is 3.03. The van der Waals surface area contributed by atoms with Crippen LogP contribution in [-0.2, 0) is 4.74 Å². The number of unbranched alkanes of at least 4 members (excludes halogenated alkanes) is 1. The van der Waals surface area contributed by atoms with Crippen molar-refractivity contribution in [2.24, 2.45) is 0 Å². The highest BCUT2D eigenvalue weighted by Gasteiger charge is 2.08. The molecular formula is C17H23N3O3. The van der Waals surface area contributed by atoms with Gasteiger partial charge in [-0.2, -0.15) is 4.98 Å². The Morgan fingerprint density at radius 3 is 2.61 bits per heavy atom.